The van der Waals surface area contributed by atoms with Crippen molar-refractivity contribution >= 4 is 23.4 Å². The van der Waals surface area contributed by atoms with Crippen molar-refractivity contribution in [2.75, 3.05) is 26.2 Å². The molecule has 2 fully saturated rings. The van der Waals surface area contributed by atoms with Gasteiger partial charge in [-0.2, -0.15) is 9.78 Å². The highest BCUT2D eigenvalue weighted by molar-refractivity contribution is 6.30. The molecule has 2 saturated heterocycles. The third-order valence-electron chi connectivity index (χ3n) is 5.73. The summed E-state index contributed by atoms with van der Waals surface area (Å²) in [5, 5.41) is 4.82. The normalized spacial score (nSPS) is 22.7. The number of likely N-dealkylation sites (tertiary alicyclic amines) is 2. The van der Waals surface area contributed by atoms with Crippen LogP contribution in [0, 0.1) is 5.41 Å². The van der Waals surface area contributed by atoms with E-state index in [0.29, 0.717) is 5.56 Å². The molecule has 1 spiro atoms. The molecule has 2 aliphatic heterocycles. The second-order valence-corrected chi connectivity index (χ2v) is 8.21. The number of nitrogens with zero attached hydrogens (tertiary/aromatic N) is 4. The molecule has 27 heavy (non-hydrogen) atoms. The minimum Gasteiger partial charge on any atom is -0.322 e. The largest absolute Gasteiger partial charge is 0.344 e. The molecular weight excluding hydrogens is 364 g/mol. The Morgan fingerprint density at radius 2 is 1.89 bits per heavy atom. The summed E-state index contributed by atoms with van der Waals surface area (Å²) in [7, 11) is 0. The Balaban J connectivity index is 1.37. The van der Waals surface area contributed by atoms with E-state index in [1.807, 2.05) is 17.0 Å². The smallest absolute Gasteiger partial charge is 0.322 e. The molecule has 1 aromatic carbocycles. The number of benzene rings is 1. The molecule has 0 aliphatic carbocycles. The van der Waals surface area contributed by atoms with Gasteiger partial charge in [0, 0.05) is 42.8 Å². The van der Waals surface area contributed by atoms with Gasteiger partial charge in [-0.1, -0.05) is 23.7 Å². The number of hydrogen-bond donors (Lipinski definition) is 0. The number of amides is 1. The van der Waals surface area contributed by atoms with E-state index in [1.54, 1.807) is 0 Å². The summed E-state index contributed by atoms with van der Waals surface area (Å²) < 4.78 is 1.29. The summed E-state index contributed by atoms with van der Waals surface area (Å²) in [4.78, 5) is 28.5. The van der Waals surface area contributed by atoms with Crippen LogP contribution in [-0.2, 0) is 6.54 Å². The Bertz CT molecular complexity index is 863. The minimum atomic E-state index is -0.143. The highest BCUT2D eigenvalue weighted by atomic mass is 35.5. The lowest BCUT2D eigenvalue weighted by Gasteiger charge is -2.24. The summed E-state index contributed by atoms with van der Waals surface area (Å²) >= 11 is 5.96. The molecule has 4 rings (SSSR count). The van der Waals surface area contributed by atoms with E-state index in [0.717, 1.165) is 50.6 Å². The molecule has 6 nitrogen and oxygen atoms in total. The number of carbonyl (C=O) groups excluding carboxylic acids is 2. The Morgan fingerprint density at radius 3 is 2.59 bits per heavy atom. The van der Waals surface area contributed by atoms with Gasteiger partial charge in [-0.3, -0.25) is 9.69 Å². The van der Waals surface area contributed by atoms with Gasteiger partial charge in [0.25, 0.3) is 0 Å². The quantitative estimate of drug-likeness (QED) is 0.759. The predicted molar refractivity (Wildman–Crippen MR) is 103 cm³/mol. The molecule has 1 atom stereocenters. The molecule has 2 aromatic rings. The van der Waals surface area contributed by atoms with Gasteiger partial charge in [0.15, 0.2) is 5.78 Å². The van der Waals surface area contributed by atoms with E-state index in [9.17, 15) is 9.59 Å². The number of rotatable bonds is 3. The minimum absolute atomic E-state index is 0.0828. The van der Waals surface area contributed by atoms with Crippen LogP contribution in [0.15, 0.2) is 36.7 Å². The highest BCUT2D eigenvalue weighted by Crippen LogP contribution is 2.40. The van der Waals surface area contributed by atoms with Crippen molar-refractivity contribution in [2.24, 2.45) is 5.41 Å². The molecule has 142 valence electrons. The first-order valence-corrected chi connectivity index (χ1v) is 9.64. The van der Waals surface area contributed by atoms with Gasteiger partial charge in [0.2, 0.25) is 0 Å². The summed E-state index contributed by atoms with van der Waals surface area (Å²) in [6.45, 7) is 5.91. The van der Waals surface area contributed by atoms with E-state index < -0.39 is 0 Å². The Labute approximate surface area is 163 Å². The van der Waals surface area contributed by atoms with Crippen LogP contribution in [0.2, 0.25) is 5.02 Å². The topological polar surface area (TPSA) is 58.4 Å². The number of carbonyl (C=O) groups is 2. The molecule has 0 N–H and O–H groups in total. The maximum atomic E-state index is 12.7. The Kier molecular flexibility index (Phi) is 4.78. The first-order valence-electron chi connectivity index (χ1n) is 9.26. The van der Waals surface area contributed by atoms with Gasteiger partial charge < -0.3 is 4.90 Å². The maximum absolute atomic E-state index is 12.7. The van der Waals surface area contributed by atoms with Crippen molar-refractivity contribution < 1.29 is 9.59 Å². The van der Waals surface area contributed by atoms with Crippen LogP contribution in [0.3, 0.4) is 0 Å². The first-order chi connectivity index (χ1) is 12.9. The van der Waals surface area contributed by atoms with Crippen molar-refractivity contribution in [1.29, 1.82) is 0 Å². The lowest BCUT2D eigenvalue weighted by molar-refractivity contribution is 0.101. The van der Waals surface area contributed by atoms with Crippen molar-refractivity contribution in [2.45, 2.75) is 26.3 Å². The summed E-state index contributed by atoms with van der Waals surface area (Å²) in [5.74, 6) is -0.0828. The van der Waals surface area contributed by atoms with E-state index in [1.165, 1.54) is 29.6 Å². The zero-order valence-electron chi connectivity index (χ0n) is 15.4. The first kappa shape index (κ1) is 18.2. The van der Waals surface area contributed by atoms with Gasteiger partial charge >= 0.3 is 6.03 Å². The van der Waals surface area contributed by atoms with Crippen LogP contribution >= 0.6 is 11.6 Å². The van der Waals surface area contributed by atoms with Crippen molar-refractivity contribution in [3.63, 3.8) is 0 Å². The van der Waals surface area contributed by atoms with Crippen LogP contribution in [0.4, 0.5) is 4.79 Å². The highest BCUT2D eigenvalue weighted by Gasteiger charge is 2.44. The molecule has 7 heteroatoms. The van der Waals surface area contributed by atoms with Gasteiger partial charge in [-0.15, -0.1) is 0 Å². The molecule has 0 bridgehead atoms. The molecule has 2 aliphatic rings. The van der Waals surface area contributed by atoms with E-state index in [-0.39, 0.29) is 17.2 Å². The fourth-order valence-electron chi connectivity index (χ4n) is 4.20. The second kappa shape index (κ2) is 7.09. The van der Waals surface area contributed by atoms with Gasteiger partial charge in [-0.05, 0) is 44.0 Å². The average Bonchev–Trinajstić information content (AvgIpc) is 3.38. The Hall–Kier alpha value is -2.18. The monoisotopic (exact) mass is 386 g/mol. The summed E-state index contributed by atoms with van der Waals surface area (Å²) in [6, 6.07) is 7.86. The van der Waals surface area contributed by atoms with Crippen molar-refractivity contribution in [1.82, 2.24) is 19.6 Å². The molecule has 1 amide bonds. The zero-order chi connectivity index (χ0) is 19.0. The number of aromatic nitrogens is 2. The van der Waals surface area contributed by atoms with Crippen LogP contribution in [-0.4, -0.2) is 57.6 Å². The fourth-order valence-corrected chi connectivity index (χ4v) is 4.32. The standard InChI is InChI=1S/C20H23ClN4O2/c1-15(26)17-10-22-25(12-17)19(27)24-9-7-20(14-24)6-8-23(13-20)11-16-2-4-18(21)5-3-16/h2-5,10,12H,6-9,11,13-14H2,1H3. The number of ketones is 1. The van der Waals surface area contributed by atoms with Crippen molar-refractivity contribution in [3.05, 3.63) is 52.8 Å². The van der Waals surface area contributed by atoms with Crippen LogP contribution in [0.5, 0.6) is 0 Å². The van der Waals surface area contributed by atoms with Crippen LogP contribution in [0.1, 0.15) is 35.7 Å². The molecule has 1 unspecified atom stereocenters. The summed E-state index contributed by atoms with van der Waals surface area (Å²) in [5.41, 5.74) is 1.89. The lowest BCUT2D eigenvalue weighted by Crippen LogP contribution is -2.36. The van der Waals surface area contributed by atoms with E-state index in [4.69, 9.17) is 11.6 Å². The molecule has 1 aromatic heterocycles. The molecule has 3 heterocycles. The number of Topliss-reactive ketones (excluding diaryl/α,β-unsaturated/α-hetero) is 1. The van der Waals surface area contributed by atoms with E-state index >= 15 is 0 Å². The zero-order valence-corrected chi connectivity index (χ0v) is 16.2. The van der Waals surface area contributed by atoms with Gasteiger partial charge in [0.1, 0.15) is 0 Å². The summed E-state index contributed by atoms with van der Waals surface area (Å²) in [6.07, 6.45) is 5.09. The third kappa shape index (κ3) is 3.77. The number of halogens is 1. The second-order valence-electron chi connectivity index (χ2n) is 7.77. The molecule has 0 radical (unpaired) electrons. The van der Waals surface area contributed by atoms with Gasteiger partial charge in [0.05, 0.1) is 11.8 Å². The third-order valence-corrected chi connectivity index (χ3v) is 5.98. The number of hydrogen-bond acceptors (Lipinski definition) is 4. The van der Waals surface area contributed by atoms with E-state index in [2.05, 4.69) is 22.1 Å². The van der Waals surface area contributed by atoms with Crippen LogP contribution < -0.4 is 0 Å². The Morgan fingerprint density at radius 1 is 1.15 bits per heavy atom. The lowest BCUT2D eigenvalue weighted by atomic mass is 9.86. The average molecular weight is 387 g/mol. The van der Waals surface area contributed by atoms with Crippen molar-refractivity contribution in [3.8, 4) is 0 Å². The fraction of sp³-hybridized carbons (Fsp3) is 0.450. The maximum Gasteiger partial charge on any atom is 0.344 e. The van der Waals surface area contributed by atoms with Crippen LogP contribution in [0.25, 0.3) is 0 Å². The van der Waals surface area contributed by atoms with Gasteiger partial charge in [-0.25, -0.2) is 4.79 Å². The molecular formula is C20H23ClN4O2. The SMILES string of the molecule is CC(=O)c1cnn(C(=O)N2CCC3(CCN(Cc4ccc(Cl)cc4)C3)C2)c1. The molecule has 0 saturated carbocycles. The predicted octanol–water partition coefficient (Wildman–Crippen LogP) is 3.31.